The zero-order valence-corrected chi connectivity index (χ0v) is 16.1. The molecule has 0 aliphatic rings. The number of aryl methyl sites for hydroxylation is 1. The summed E-state index contributed by atoms with van der Waals surface area (Å²) in [6.45, 7) is 4.95. The van der Waals surface area contributed by atoms with Gasteiger partial charge in [0, 0.05) is 23.8 Å². The molecule has 0 aliphatic heterocycles. The molecule has 6 nitrogen and oxygen atoms in total. The van der Waals surface area contributed by atoms with Crippen molar-refractivity contribution < 1.29 is 14.6 Å². The molecule has 2 aromatic carbocycles. The molecule has 0 fully saturated rings. The van der Waals surface area contributed by atoms with Crippen LogP contribution in [0.15, 0.2) is 67.1 Å². The predicted octanol–water partition coefficient (Wildman–Crippen LogP) is 4.57. The summed E-state index contributed by atoms with van der Waals surface area (Å²) in [4.78, 5) is 15.3. The average molecular weight is 379 g/mol. The molecule has 3 rings (SSSR count). The lowest BCUT2D eigenvalue weighted by atomic mass is 10.0. The molecular weight excluding hydrogens is 354 g/mol. The van der Waals surface area contributed by atoms with Gasteiger partial charge >= 0.3 is 6.09 Å². The molecule has 0 bridgehead atoms. The first kappa shape index (κ1) is 19.5. The maximum Gasteiger partial charge on any atom is 0.405 e. The van der Waals surface area contributed by atoms with Gasteiger partial charge in [-0.1, -0.05) is 30.3 Å². The van der Waals surface area contributed by atoms with Crippen molar-refractivity contribution in [1.82, 2.24) is 14.9 Å². The van der Waals surface area contributed by atoms with E-state index in [9.17, 15) is 4.79 Å². The monoisotopic (exact) mass is 379 g/mol. The number of imidazole rings is 1. The highest BCUT2D eigenvalue weighted by atomic mass is 16.5. The molecule has 1 aromatic heterocycles. The molecule has 0 atom stereocenters. The second-order valence-corrected chi connectivity index (χ2v) is 7.36. The van der Waals surface area contributed by atoms with E-state index in [2.05, 4.69) is 10.3 Å². The van der Waals surface area contributed by atoms with E-state index in [1.165, 1.54) is 0 Å². The molecule has 0 unspecified atom stereocenters. The number of amides is 1. The van der Waals surface area contributed by atoms with Gasteiger partial charge in [0.15, 0.2) is 0 Å². The van der Waals surface area contributed by atoms with Crippen molar-refractivity contribution in [3.8, 4) is 17.0 Å². The van der Waals surface area contributed by atoms with Crippen LogP contribution in [-0.2, 0) is 13.2 Å². The molecule has 146 valence electrons. The Bertz CT molecular complexity index is 902. The van der Waals surface area contributed by atoms with Gasteiger partial charge < -0.3 is 19.7 Å². The molecule has 0 spiro atoms. The summed E-state index contributed by atoms with van der Waals surface area (Å²) in [6, 6.07) is 17.9. The zero-order chi connectivity index (χ0) is 20.0. The molecule has 2 N–H and O–H groups in total. The van der Waals surface area contributed by atoms with Crippen molar-refractivity contribution in [2.75, 3.05) is 0 Å². The quantitative estimate of drug-likeness (QED) is 0.601. The lowest BCUT2D eigenvalue weighted by Gasteiger charge is -2.24. The van der Waals surface area contributed by atoms with Crippen molar-refractivity contribution in [3.63, 3.8) is 0 Å². The van der Waals surface area contributed by atoms with Crippen LogP contribution in [-0.4, -0.2) is 26.3 Å². The topological polar surface area (TPSA) is 76.4 Å². The van der Waals surface area contributed by atoms with Gasteiger partial charge in [0.25, 0.3) is 0 Å². The zero-order valence-electron chi connectivity index (χ0n) is 16.1. The summed E-state index contributed by atoms with van der Waals surface area (Å²) < 4.78 is 7.79. The number of rotatable bonds is 8. The van der Waals surface area contributed by atoms with E-state index in [1.54, 1.807) is 6.33 Å². The minimum absolute atomic E-state index is 0.492. The highest BCUT2D eigenvalue weighted by Gasteiger charge is 2.19. The number of hydrogen-bond donors (Lipinski definition) is 2. The Hall–Kier alpha value is -3.28. The lowest BCUT2D eigenvalue weighted by Crippen LogP contribution is -2.43. The fourth-order valence-electron chi connectivity index (χ4n) is 2.85. The van der Waals surface area contributed by atoms with E-state index in [-0.39, 0.29) is 0 Å². The Balaban J connectivity index is 1.56. The SMILES string of the molecule is CC(C)(CCn1cnc(-c2ccc(OCc3ccccc3)cc2)c1)NC(=O)O. The van der Waals surface area contributed by atoms with Crippen LogP contribution >= 0.6 is 0 Å². The van der Waals surface area contributed by atoms with Gasteiger partial charge in [-0.2, -0.15) is 0 Å². The summed E-state index contributed by atoms with van der Waals surface area (Å²) in [7, 11) is 0. The molecule has 1 amide bonds. The van der Waals surface area contributed by atoms with E-state index < -0.39 is 11.6 Å². The minimum Gasteiger partial charge on any atom is -0.489 e. The number of carboxylic acid groups (broad SMARTS) is 1. The summed E-state index contributed by atoms with van der Waals surface area (Å²) in [5, 5.41) is 11.4. The highest BCUT2D eigenvalue weighted by Crippen LogP contribution is 2.22. The Morgan fingerprint density at radius 2 is 1.86 bits per heavy atom. The van der Waals surface area contributed by atoms with Gasteiger partial charge in [0.05, 0.1) is 12.0 Å². The number of ether oxygens (including phenoxy) is 1. The van der Waals surface area contributed by atoms with Crippen LogP contribution < -0.4 is 10.1 Å². The largest absolute Gasteiger partial charge is 0.489 e. The van der Waals surface area contributed by atoms with Crippen LogP contribution in [0.25, 0.3) is 11.3 Å². The van der Waals surface area contributed by atoms with Gasteiger partial charge in [-0.05, 0) is 50.1 Å². The van der Waals surface area contributed by atoms with Crippen LogP contribution in [0.2, 0.25) is 0 Å². The predicted molar refractivity (Wildman–Crippen MR) is 108 cm³/mol. The number of nitrogens with zero attached hydrogens (tertiary/aromatic N) is 2. The third-order valence-corrected chi connectivity index (χ3v) is 4.47. The van der Waals surface area contributed by atoms with E-state index in [4.69, 9.17) is 9.84 Å². The molecule has 1 heterocycles. The third-order valence-electron chi connectivity index (χ3n) is 4.47. The second kappa shape index (κ2) is 8.61. The number of aromatic nitrogens is 2. The van der Waals surface area contributed by atoms with Crippen LogP contribution in [0.4, 0.5) is 4.79 Å². The smallest absolute Gasteiger partial charge is 0.405 e. The lowest BCUT2D eigenvalue weighted by molar-refractivity contribution is 0.179. The van der Waals surface area contributed by atoms with Crippen LogP contribution in [0.5, 0.6) is 5.75 Å². The maximum absolute atomic E-state index is 10.8. The summed E-state index contributed by atoms with van der Waals surface area (Å²) in [5.74, 6) is 0.813. The van der Waals surface area contributed by atoms with Crippen molar-refractivity contribution in [2.24, 2.45) is 0 Å². The fraction of sp³-hybridized carbons (Fsp3) is 0.273. The van der Waals surface area contributed by atoms with E-state index in [0.29, 0.717) is 19.6 Å². The average Bonchev–Trinajstić information content (AvgIpc) is 3.14. The van der Waals surface area contributed by atoms with E-state index >= 15 is 0 Å². The maximum atomic E-state index is 10.8. The Morgan fingerprint density at radius 3 is 2.54 bits per heavy atom. The molecule has 0 saturated heterocycles. The van der Waals surface area contributed by atoms with Gasteiger partial charge in [-0.3, -0.25) is 0 Å². The number of hydrogen-bond acceptors (Lipinski definition) is 3. The molecule has 6 heteroatoms. The standard InChI is InChI=1S/C22H25N3O3/c1-22(2,24-21(26)27)12-13-25-14-20(23-16-25)18-8-10-19(11-9-18)28-15-17-6-4-3-5-7-17/h3-11,14,16,24H,12-13,15H2,1-2H3,(H,26,27). The minimum atomic E-state index is -1.01. The van der Waals surface area contributed by atoms with Crippen LogP contribution in [0.3, 0.4) is 0 Å². The number of carbonyl (C=O) groups is 1. The molecule has 3 aromatic rings. The van der Waals surface area contributed by atoms with Crippen LogP contribution in [0, 0.1) is 0 Å². The molecule has 0 saturated carbocycles. The third kappa shape index (κ3) is 5.61. The Morgan fingerprint density at radius 1 is 1.14 bits per heavy atom. The highest BCUT2D eigenvalue weighted by molar-refractivity contribution is 5.65. The summed E-state index contributed by atoms with van der Waals surface area (Å²) in [6.07, 6.45) is 3.40. The molecular formula is C22H25N3O3. The van der Waals surface area contributed by atoms with Crippen molar-refractivity contribution in [1.29, 1.82) is 0 Å². The van der Waals surface area contributed by atoms with Gasteiger partial charge in [-0.15, -0.1) is 0 Å². The summed E-state index contributed by atoms with van der Waals surface area (Å²) in [5.41, 5.74) is 2.52. The molecule has 0 radical (unpaired) electrons. The second-order valence-electron chi connectivity index (χ2n) is 7.36. The fourth-order valence-corrected chi connectivity index (χ4v) is 2.85. The van der Waals surface area contributed by atoms with Crippen molar-refractivity contribution >= 4 is 6.09 Å². The van der Waals surface area contributed by atoms with Gasteiger partial charge in [0.2, 0.25) is 0 Å². The van der Waals surface area contributed by atoms with E-state index in [0.717, 1.165) is 22.6 Å². The molecule has 0 aliphatic carbocycles. The van der Waals surface area contributed by atoms with Crippen LogP contribution in [0.1, 0.15) is 25.8 Å². The van der Waals surface area contributed by atoms with Gasteiger partial charge in [0.1, 0.15) is 12.4 Å². The number of benzene rings is 2. The van der Waals surface area contributed by atoms with E-state index in [1.807, 2.05) is 79.2 Å². The normalized spacial score (nSPS) is 11.2. The first-order chi connectivity index (χ1) is 13.4. The van der Waals surface area contributed by atoms with Gasteiger partial charge in [-0.25, -0.2) is 9.78 Å². The summed E-state index contributed by atoms with van der Waals surface area (Å²) >= 11 is 0. The Kier molecular flexibility index (Phi) is 5.99. The number of nitrogens with one attached hydrogen (secondary N) is 1. The van der Waals surface area contributed by atoms with Crippen molar-refractivity contribution in [3.05, 3.63) is 72.7 Å². The van der Waals surface area contributed by atoms with Crippen molar-refractivity contribution in [2.45, 2.75) is 39.0 Å². The first-order valence-corrected chi connectivity index (χ1v) is 9.21. The molecule has 28 heavy (non-hydrogen) atoms. The Labute approximate surface area is 164 Å². The first-order valence-electron chi connectivity index (χ1n) is 9.21.